The average Bonchev–Trinajstić information content (AvgIpc) is 2.81. The first kappa shape index (κ1) is 25.0. The van der Waals surface area contributed by atoms with E-state index in [-0.39, 0.29) is 9.79 Å². The minimum absolute atomic E-state index is 0.314. The van der Waals surface area contributed by atoms with Crippen LogP contribution in [-0.4, -0.2) is 16.8 Å². The zero-order chi connectivity index (χ0) is 23.9. The summed E-state index contributed by atoms with van der Waals surface area (Å²) in [6, 6.07) is 30.6. The van der Waals surface area contributed by atoms with E-state index in [1.807, 2.05) is 12.1 Å². The van der Waals surface area contributed by atoms with Crippen molar-refractivity contribution >= 4 is 43.4 Å². The lowest BCUT2D eigenvalue weighted by atomic mass is 10.1. The van der Waals surface area contributed by atoms with Crippen LogP contribution in [-0.2, 0) is 23.9 Å². The third kappa shape index (κ3) is 7.15. The molecule has 0 aromatic heterocycles. The maximum absolute atomic E-state index is 11.9. The van der Waals surface area contributed by atoms with Crippen molar-refractivity contribution in [3.63, 3.8) is 0 Å². The summed E-state index contributed by atoms with van der Waals surface area (Å²) in [6.45, 7) is 0. The fourth-order valence-corrected chi connectivity index (χ4v) is 5.42. The molecule has 0 atom stereocenters. The summed E-state index contributed by atoms with van der Waals surface area (Å²) >= 11 is 11.3. The number of halogens is 2. The Morgan fingerprint density at radius 1 is 0.455 bits per heavy atom. The molecule has 4 aromatic carbocycles. The van der Waals surface area contributed by atoms with Gasteiger partial charge in [0, 0.05) is 10.0 Å². The highest BCUT2D eigenvalue weighted by Gasteiger charge is 2.26. The summed E-state index contributed by atoms with van der Waals surface area (Å²) in [5.41, 5.74) is 2.55. The van der Waals surface area contributed by atoms with Gasteiger partial charge < -0.3 is 0 Å². The van der Waals surface area contributed by atoms with E-state index in [4.69, 9.17) is 23.2 Å². The summed E-state index contributed by atoms with van der Waals surface area (Å²) in [7, 11) is -8.95. The summed E-state index contributed by atoms with van der Waals surface area (Å²) in [5.74, 6) is 0. The largest absolute Gasteiger partial charge is 0.311 e. The highest BCUT2D eigenvalue weighted by atomic mass is 35.5. The third-order valence-electron chi connectivity index (χ3n) is 4.26. The predicted octanol–water partition coefficient (Wildman–Crippen LogP) is 6.44. The van der Waals surface area contributed by atoms with Gasteiger partial charge in [-0.3, -0.25) is 0 Å². The molecule has 4 rings (SSSR count). The standard InChI is InChI=1S/C12H8Cl2O5S2.C12H10/c13-9-1-5-11(6-2-9)20(15,16)19-21(17,18)12-7-3-10(14)4-8-12;1-3-7-11(8-4-1)12-9-5-2-6-10-12/h1-8H;1-10H. The van der Waals surface area contributed by atoms with Crippen LogP contribution in [0.3, 0.4) is 0 Å². The second kappa shape index (κ2) is 11.0. The van der Waals surface area contributed by atoms with Crippen molar-refractivity contribution in [2.45, 2.75) is 9.79 Å². The van der Waals surface area contributed by atoms with Gasteiger partial charge in [-0.2, -0.15) is 16.8 Å². The molecular weight excluding hydrogens is 503 g/mol. The van der Waals surface area contributed by atoms with Crippen LogP contribution in [0.2, 0.25) is 10.0 Å². The highest BCUT2D eigenvalue weighted by molar-refractivity contribution is 7.99. The monoisotopic (exact) mass is 520 g/mol. The molecule has 0 radical (unpaired) electrons. The van der Waals surface area contributed by atoms with E-state index >= 15 is 0 Å². The summed E-state index contributed by atoms with van der Waals surface area (Å²) in [6.07, 6.45) is 0. The Morgan fingerprint density at radius 2 is 0.758 bits per heavy atom. The molecule has 0 bridgehead atoms. The van der Waals surface area contributed by atoms with Crippen molar-refractivity contribution in [2.75, 3.05) is 0 Å². The summed E-state index contributed by atoms with van der Waals surface area (Å²) in [4.78, 5) is -0.631. The van der Waals surface area contributed by atoms with E-state index in [2.05, 4.69) is 52.2 Å². The quantitative estimate of drug-likeness (QED) is 0.302. The molecule has 0 fully saturated rings. The van der Waals surface area contributed by atoms with Gasteiger partial charge in [-0.25, -0.2) is 0 Å². The Balaban J connectivity index is 0.000000215. The van der Waals surface area contributed by atoms with Gasteiger partial charge in [0.05, 0.1) is 9.79 Å². The van der Waals surface area contributed by atoms with Crippen molar-refractivity contribution < 1.29 is 20.5 Å². The maximum Gasteiger partial charge on any atom is 0.311 e. The first-order valence-corrected chi connectivity index (χ1v) is 13.1. The molecule has 4 aromatic rings. The van der Waals surface area contributed by atoms with Crippen molar-refractivity contribution in [1.82, 2.24) is 0 Å². The van der Waals surface area contributed by atoms with Gasteiger partial charge >= 0.3 is 20.2 Å². The molecule has 0 N–H and O–H groups in total. The predicted molar refractivity (Wildman–Crippen MR) is 130 cm³/mol. The minimum Gasteiger partial charge on any atom is -0.193 e. The fourth-order valence-electron chi connectivity index (χ4n) is 2.66. The summed E-state index contributed by atoms with van der Waals surface area (Å²) in [5, 5.41) is 0.629. The van der Waals surface area contributed by atoms with E-state index in [1.54, 1.807) is 0 Å². The molecular formula is C24H18Cl2O5S2. The van der Waals surface area contributed by atoms with E-state index in [0.29, 0.717) is 10.0 Å². The van der Waals surface area contributed by atoms with Crippen molar-refractivity contribution in [3.05, 3.63) is 119 Å². The number of rotatable bonds is 5. The summed E-state index contributed by atoms with van der Waals surface area (Å²) < 4.78 is 52.1. The number of hydrogen-bond acceptors (Lipinski definition) is 5. The molecule has 0 aliphatic heterocycles. The molecule has 9 heteroatoms. The molecule has 0 saturated carbocycles. The molecule has 0 amide bonds. The lowest BCUT2D eigenvalue weighted by molar-refractivity contribution is 0.462. The van der Waals surface area contributed by atoms with Crippen LogP contribution in [0.15, 0.2) is 119 Å². The van der Waals surface area contributed by atoms with Crippen LogP contribution in [0.4, 0.5) is 0 Å². The van der Waals surface area contributed by atoms with Crippen LogP contribution in [0, 0.1) is 0 Å². The van der Waals surface area contributed by atoms with Crippen LogP contribution in [0.5, 0.6) is 0 Å². The van der Waals surface area contributed by atoms with E-state index in [9.17, 15) is 16.8 Å². The van der Waals surface area contributed by atoms with Crippen molar-refractivity contribution in [2.24, 2.45) is 0 Å². The molecule has 0 unspecified atom stereocenters. The molecule has 170 valence electrons. The SMILES string of the molecule is O=S(=O)(OS(=O)(=O)c1ccc(Cl)cc1)c1ccc(Cl)cc1.c1ccc(-c2ccccc2)cc1. The van der Waals surface area contributed by atoms with Crippen LogP contribution >= 0.6 is 23.2 Å². The second-order valence-electron chi connectivity index (χ2n) is 6.62. The lowest BCUT2D eigenvalue weighted by Gasteiger charge is -2.06. The Hall–Kier alpha value is -2.68. The fraction of sp³-hybridized carbons (Fsp3) is 0. The van der Waals surface area contributed by atoms with Gasteiger partial charge in [-0.1, -0.05) is 83.9 Å². The van der Waals surface area contributed by atoms with Gasteiger partial charge in [-0.15, -0.1) is 3.63 Å². The lowest BCUT2D eigenvalue weighted by Crippen LogP contribution is -2.14. The number of benzene rings is 4. The van der Waals surface area contributed by atoms with Crippen LogP contribution < -0.4 is 0 Å². The highest BCUT2D eigenvalue weighted by Crippen LogP contribution is 2.22. The van der Waals surface area contributed by atoms with Gasteiger partial charge in [0.1, 0.15) is 0 Å². The average molecular weight is 521 g/mol. The van der Waals surface area contributed by atoms with Gasteiger partial charge in [0.25, 0.3) is 0 Å². The normalized spacial score (nSPS) is 11.3. The molecule has 0 saturated heterocycles. The molecule has 0 heterocycles. The van der Waals surface area contributed by atoms with Crippen molar-refractivity contribution in [3.8, 4) is 11.1 Å². The van der Waals surface area contributed by atoms with Gasteiger partial charge in [0.2, 0.25) is 0 Å². The van der Waals surface area contributed by atoms with Gasteiger partial charge in [-0.05, 0) is 59.7 Å². The molecule has 5 nitrogen and oxygen atoms in total. The third-order valence-corrected chi connectivity index (χ3v) is 7.90. The number of hydrogen-bond donors (Lipinski definition) is 0. The zero-order valence-electron chi connectivity index (χ0n) is 17.0. The van der Waals surface area contributed by atoms with Crippen LogP contribution in [0.1, 0.15) is 0 Å². The van der Waals surface area contributed by atoms with E-state index < -0.39 is 20.2 Å². The molecule has 33 heavy (non-hydrogen) atoms. The van der Waals surface area contributed by atoms with Crippen LogP contribution in [0.25, 0.3) is 11.1 Å². The first-order chi connectivity index (χ1) is 15.7. The second-order valence-corrected chi connectivity index (χ2v) is 10.8. The Kier molecular flexibility index (Phi) is 8.29. The Bertz CT molecular complexity index is 1280. The maximum atomic E-state index is 11.9. The van der Waals surface area contributed by atoms with Gasteiger partial charge in [0.15, 0.2) is 0 Å². The minimum atomic E-state index is -4.47. The smallest absolute Gasteiger partial charge is 0.193 e. The first-order valence-electron chi connectivity index (χ1n) is 9.50. The van der Waals surface area contributed by atoms with Crippen molar-refractivity contribution in [1.29, 1.82) is 0 Å². The zero-order valence-corrected chi connectivity index (χ0v) is 20.2. The molecule has 0 spiro atoms. The molecule has 0 aliphatic rings. The Labute approximate surface area is 203 Å². The molecule has 0 aliphatic carbocycles. The van der Waals surface area contributed by atoms with E-state index in [1.165, 1.54) is 35.4 Å². The topological polar surface area (TPSA) is 77.5 Å². The van der Waals surface area contributed by atoms with E-state index in [0.717, 1.165) is 24.3 Å². The Morgan fingerprint density at radius 3 is 1.06 bits per heavy atom.